The Morgan fingerprint density at radius 2 is 2.00 bits per heavy atom. The molecule has 2 aromatic rings. The number of hydrogen-bond donors (Lipinski definition) is 1. The summed E-state index contributed by atoms with van der Waals surface area (Å²) >= 11 is 0. The Hall–Kier alpha value is -2.25. The fourth-order valence-electron chi connectivity index (χ4n) is 1.78. The van der Waals surface area contributed by atoms with Crippen molar-refractivity contribution in [3.8, 4) is 0 Å². The van der Waals surface area contributed by atoms with Crippen molar-refractivity contribution in [1.29, 1.82) is 0 Å². The fourth-order valence-corrected chi connectivity index (χ4v) is 1.78. The molecule has 102 valence electrons. The number of aromatic nitrogens is 5. The molecule has 0 radical (unpaired) electrons. The minimum atomic E-state index is -1.09. The second-order valence-corrected chi connectivity index (χ2v) is 4.38. The molecule has 0 aliphatic rings. The van der Waals surface area contributed by atoms with Gasteiger partial charge in [0.05, 0.1) is 5.69 Å². The van der Waals surface area contributed by atoms with Crippen molar-refractivity contribution < 1.29 is 14.3 Å². The summed E-state index contributed by atoms with van der Waals surface area (Å²) in [6.07, 6.45) is 0.655. The molecule has 0 saturated carbocycles. The van der Waals surface area contributed by atoms with Crippen LogP contribution in [0.1, 0.15) is 54.7 Å². The molecule has 0 aliphatic carbocycles. The van der Waals surface area contributed by atoms with Crippen molar-refractivity contribution in [2.24, 2.45) is 0 Å². The molecule has 0 aliphatic heterocycles. The van der Waals surface area contributed by atoms with E-state index in [2.05, 4.69) is 20.5 Å². The van der Waals surface area contributed by atoms with Gasteiger partial charge in [0.15, 0.2) is 5.69 Å². The van der Waals surface area contributed by atoms with Crippen LogP contribution in [0.2, 0.25) is 0 Å². The normalized spacial score (nSPS) is 11.2. The van der Waals surface area contributed by atoms with Gasteiger partial charge in [0.2, 0.25) is 11.8 Å². The van der Waals surface area contributed by atoms with Crippen LogP contribution in [0.4, 0.5) is 0 Å². The van der Waals surface area contributed by atoms with Crippen LogP contribution >= 0.6 is 0 Å². The molecular formula is C11H15N5O3. The zero-order valence-corrected chi connectivity index (χ0v) is 11.0. The van der Waals surface area contributed by atoms with Crippen LogP contribution in [0.25, 0.3) is 0 Å². The monoisotopic (exact) mass is 265 g/mol. The summed E-state index contributed by atoms with van der Waals surface area (Å²) in [5.74, 6) is -0.176. The van der Waals surface area contributed by atoms with Crippen LogP contribution in [-0.2, 0) is 13.0 Å². The molecule has 2 aromatic heterocycles. The van der Waals surface area contributed by atoms with Crippen molar-refractivity contribution >= 4 is 5.97 Å². The first kappa shape index (κ1) is 13.2. The van der Waals surface area contributed by atoms with Gasteiger partial charge in [-0.1, -0.05) is 26.0 Å². The van der Waals surface area contributed by atoms with E-state index in [1.807, 2.05) is 20.8 Å². The highest BCUT2D eigenvalue weighted by molar-refractivity contribution is 5.86. The van der Waals surface area contributed by atoms with Gasteiger partial charge in [0.1, 0.15) is 6.54 Å². The Morgan fingerprint density at radius 3 is 2.53 bits per heavy atom. The predicted octanol–water partition coefficient (Wildman–Crippen LogP) is 1.09. The minimum absolute atomic E-state index is 0.0188. The maximum Gasteiger partial charge on any atom is 0.358 e. The van der Waals surface area contributed by atoms with Crippen LogP contribution in [0, 0.1) is 0 Å². The summed E-state index contributed by atoms with van der Waals surface area (Å²) in [5.41, 5.74) is 0.508. The number of rotatable bonds is 5. The average Bonchev–Trinajstić information content (AvgIpc) is 2.95. The first-order chi connectivity index (χ1) is 9.02. The van der Waals surface area contributed by atoms with E-state index >= 15 is 0 Å². The lowest BCUT2D eigenvalue weighted by Crippen LogP contribution is -2.11. The molecule has 0 atom stereocenters. The molecule has 8 nitrogen and oxygen atoms in total. The lowest BCUT2D eigenvalue weighted by molar-refractivity contribution is 0.0688. The molecule has 0 bridgehead atoms. The maximum absolute atomic E-state index is 11.1. The Morgan fingerprint density at radius 1 is 1.32 bits per heavy atom. The summed E-state index contributed by atoms with van der Waals surface area (Å²) in [4.78, 5) is 11.1. The topological polar surface area (TPSA) is 107 Å². The van der Waals surface area contributed by atoms with Crippen LogP contribution < -0.4 is 0 Å². The highest BCUT2D eigenvalue weighted by atomic mass is 16.4. The van der Waals surface area contributed by atoms with Gasteiger partial charge in [-0.15, -0.1) is 15.3 Å². The largest absolute Gasteiger partial charge is 0.476 e. The Labute approximate surface area is 109 Å². The molecule has 0 spiro atoms. The molecule has 0 unspecified atom stereocenters. The van der Waals surface area contributed by atoms with Gasteiger partial charge >= 0.3 is 5.97 Å². The molecular weight excluding hydrogens is 250 g/mol. The van der Waals surface area contributed by atoms with E-state index in [1.165, 1.54) is 4.68 Å². The molecule has 0 saturated heterocycles. The first-order valence-electron chi connectivity index (χ1n) is 6.00. The number of carbonyl (C=O) groups is 1. The van der Waals surface area contributed by atoms with E-state index in [0.717, 1.165) is 0 Å². The van der Waals surface area contributed by atoms with Crippen LogP contribution in [0.5, 0.6) is 0 Å². The summed E-state index contributed by atoms with van der Waals surface area (Å²) < 4.78 is 6.87. The van der Waals surface area contributed by atoms with E-state index in [9.17, 15) is 4.79 Å². The first-order valence-corrected chi connectivity index (χ1v) is 6.00. The molecule has 1 N–H and O–H groups in total. The van der Waals surface area contributed by atoms with Crippen molar-refractivity contribution in [3.63, 3.8) is 0 Å². The van der Waals surface area contributed by atoms with Crippen LogP contribution in [0.3, 0.4) is 0 Å². The maximum atomic E-state index is 11.1. The van der Waals surface area contributed by atoms with Gasteiger partial charge < -0.3 is 9.52 Å². The minimum Gasteiger partial charge on any atom is -0.476 e. The van der Waals surface area contributed by atoms with Crippen molar-refractivity contribution in [3.05, 3.63) is 23.2 Å². The fraction of sp³-hybridized carbons (Fsp3) is 0.545. The SMILES string of the molecule is CCc1nnc(Cn2nnc(C(=O)O)c2C(C)C)o1. The third-order valence-corrected chi connectivity index (χ3v) is 2.62. The van der Waals surface area contributed by atoms with E-state index in [1.54, 1.807) is 0 Å². The zero-order chi connectivity index (χ0) is 14.0. The van der Waals surface area contributed by atoms with Crippen molar-refractivity contribution in [2.45, 2.75) is 39.7 Å². The van der Waals surface area contributed by atoms with E-state index in [0.29, 0.717) is 23.9 Å². The summed E-state index contributed by atoms with van der Waals surface area (Å²) in [6, 6.07) is 0. The molecule has 0 aromatic carbocycles. The van der Waals surface area contributed by atoms with Gasteiger partial charge in [0.25, 0.3) is 0 Å². The third kappa shape index (κ3) is 2.61. The van der Waals surface area contributed by atoms with Gasteiger partial charge in [-0.25, -0.2) is 9.48 Å². The average molecular weight is 265 g/mol. The van der Waals surface area contributed by atoms with Gasteiger partial charge in [-0.3, -0.25) is 0 Å². The lowest BCUT2D eigenvalue weighted by atomic mass is 10.1. The third-order valence-electron chi connectivity index (χ3n) is 2.62. The van der Waals surface area contributed by atoms with Gasteiger partial charge in [-0.2, -0.15) is 0 Å². The number of carboxylic acids is 1. The smallest absolute Gasteiger partial charge is 0.358 e. The lowest BCUT2D eigenvalue weighted by Gasteiger charge is -2.07. The number of aryl methyl sites for hydroxylation is 1. The van der Waals surface area contributed by atoms with E-state index in [-0.39, 0.29) is 18.2 Å². The highest BCUT2D eigenvalue weighted by Gasteiger charge is 2.22. The number of carboxylic acid groups (broad SMARTS) is 1. The molecule has 0 amide bonds. The summed E-state index contributed by atoms with van der Waals surface area (Å²) in [6.45, 7) is 5.90. The van der Waals surface area contributed by atoms with Gasteiger partial charge in [0, 0.05) is 6.42 Å². The van der Waals surface area contributed by atoms with Crippen LogP contribution in [-0.4, -0.2) is 36.3 Å². The van der Waals surface area contributed by atoms with E-state index < -0.39 is 5.97 Å². The molecule has 2 rings (SSSR count). The van der Waals surface area contributed by atoms with Crippen molar-refractivity contribution in [1.82, 2.24) is 25.2 Å². The molecule has 8 heteroatoms. The second-order valence-electron chi connectivity index (χ2n) is 4.38. The van der Waals surface area contributed by atoms with Gasteiger partial charge in [-0.05, 0) is 5.92 Å². The molecule has 0 fully saturated rings. The summed E-state index contributed by atoms with van der Waals surface area (Å²) in [7, 11) is 0. The highest BCUT2D eigenvalue weighted by Crippen LogP contribution is 2.18. The van der Waals surface area contributed by atoms with Crippen LogP contribution in [0.15, 0.2) is 4.42 Å². The Kier molecular flexibility index (Phi) is 3.59. The quantitative estimate of drug-likeness (QED) is 0.862. The Balaban J connectivity index is 2.32. The van der Waals surface area contributed by atoms with Crippen molar-refractivity contribution in [2.75, 3.05) is 0 Å². The predicted molar refractivity (Wildman–Crippen MR) is 63.8 cm³/mol. The Bertz CT molecular complexity index is 587. The number of aromatic carboxylic acids is 1. The second kappa shape index (κ2) is 5.17. The molecule has 2 heterocycles. The van der Waals surface area contributed by atoms with E-state index in [4.69, 9.17) is 9.52 Å². The standard InChI is InChI=1S/C11H15N5O3/c1-4-7-12-13-8(19-7)5-16-10(6(2)3)9(11(17)18)14-15-16/h6H,4-5H2,1-3H3,(H,17,18). The summed E-state index contributed by atoms with van der Waals surface area (Å²) in [5, 5.41) is 24.3. The molecule has 19 heavy (non-hydrogen) atoms. The zero-order valence-electron chi connectivity index (χ0n) is 11.0. The number of nitrogens with zero attached hydrogens (tertiary/aromatic N) is 5. The number of hydrogen-bond acceptors (Lipinski definition) is 6.